The minimum Gasteiger partial charge on any atom is -0.462 e. The molecule has 480 valence electrons. The van der Waals surface area contributed by atoms with Crippen LogP contribution in [0.25, 0.3) is 0 Å². The number of allylic oxidation sites excluding steroid dienone is 2. The molecule has 16 N–H and O–H groups in total. The van der Waals surface area contributed by atoms with E-state index in [-0.39, 0.29) is 49.6 Å². The smallest absolute Gasteiger partial charge is 0.333 e. The molecule has 22 heteroatoms. The zero-order valence-corrected chi connectivity index (χ0v) is 50.0. The summed E-state index contributed by atoms with van der Waals surface area (Å²) in [5.41, 5.74) is 0.540. The lowest BCUT2D eigenvalue weighted by Crippen LogP contribution is -2.60. The van der Waals surface area contributed by atoms with E-state index in [1.54, 1.807) is 58.9 Å². The van der Waals surface area contributed by atoms with E-state index in [2.05, 4.69) is 0 Å². The van der Waals surface area contributed by atoms with Gasteiger partial charge in [0.25, 0.3) is 0 Å². The summed E-state index contributed by atoms with van der Waals surface area (Å²) in [6, 6.07) is 0. The molecule has 27 atom stereocenters. The van der Waals surface area contributed by atoms with Crippen LogP contribution >= 0.6 is 0 Å². The molecule has 0 radical (unpaired) electrons. The van der Waals surface area contributed by atoms with E-state index in [9.17, 15) is 91.3 Å². The van der Waals surface area contributed by atoms with Crippen molar-refractivity contribution in [1.82, 2.24) is 0 Å². The van der Waals surface area contributed by atoms with Crippen molar-refractivity contribution >= 4 is 11.9 Å². The van der Waals surface area contributed by atoms with Crippen LogP contribution in [-0.2, 0) is 28.5 Å². The third kappa shape index (κ3) is 23.9. The molecule has 0 amide bonds. The molecule has 0 aliphatic carbocycles. The summed E-state index contributed by atoms with van der Waals surface area (Å²) >= 11 is 0. The molecule has 0 aromatic rings. The molecule has 0 saturated carbocycles. The van der Waals surface area contributed by atoms with Crippen LogP contribution in [0.15, 0.2) is 59.8 Å². The maximum Gasteiger partial charge on any atom is 0.333 e. The Morgan fingerprint density at radius 3 is 1.76 bits per heavy atom. The Kier molecular flexibility index (Phi) is 32.4. The second-order valence-electron chi connectivity index (χ2n) is 24.3. The number of hydrogen-bond donors (Lipinski definition) is 16. The van der Waals surface area contributed by atoms with Gasteiger partial charge in [0.15, 0.2) is 6.29 Å². The molecular weight excluding hydrogens is 1100 g/mol. The lowest BCUT2D eigenvalue weighted by atomic mass is 9.90. The lowest BCUT2D eigenvalue weighted by molar-refractivity contribution is -0.313. The van der Waals surface area contributed by atoms with Crippen LogP contribution in [0, 0.1) is 41.4 Å². The normalized spacial score (nSPS) is 43.1. The predicted octanol–water partition coefficient (Wildman–Crippen LogP) is 1.05. The van der Waals surface area contributed by atoms with Crippen molar-refractivity contribution in [3.05, 3.63) is 59.8 Å². The molecule has 3 heterocycles. The first kappa shape index (κ1) is 74.2. The van der Waals surface area contributed by atoms with E-state index < -0.39 is 183 Å². The molecule has 0 spiro atoms. The Morgan fingerprint density at radius 1 is 0.578 bits per heavy atom. The molecule has 83 heavy (non-hydrogen) atoms. The average molecular weight is 1200 g/mol. The number of esters is 2. The quantitative estimate of drug-likeness (QED) is 0.104. The van der Waals surface area contributed by atoms with E-state index >= 15 is 0 Å². The number of cyclic esters (lactones) is 2. The number of aliphatic hydroxyl groups excluding tert-OH is 16. The van der Waals surface area contributed by atoms with Gasteiger partial charge in [-0.1, -0.05) is 97.1 Å². The summed E-state index contributed by atoms with van der Waals surface area (Å²) in [4.78, 5) is 25.5. The zero-order valence-electron chi connectivity index (χ0n) is 50.0. The van der Waals surface area contributed by atoms with Crippen LogP contribution in [0.2, 0.25) is 0 Å². The molecule has 2 saturated heterocycles. The lowest BCUT2D eigenvalue weighted by Gasteiger charge is -2.41. The van der Waals surface area contributed by atoms with Crippen LogP contribution in [0.5, 0.6) is 0 Å². The second-order valence-corrected chi connectivity index (χ2v) is 24.3. The fraction of sp³-hybridized carbons (Fsp3) is 0.803. The molecule has 3 rings (SSSR count). The number of carbonyl (C=O) groups excluding carboxylic acids is 2. The second kappa shape index (κ2) is 36.3. The van der Waals surface area contributed by atoms with E-state index in [0.717, 1.165) is 0 Å². The summed E-state index contributed by atoms with van der Waals surface area (Å²) < 4.78 is 22.9. The Hall–Kier alpha value is -3.08. The van der Waals surface area contributed by atoms with Gasteiger partial charge in [-0.2, -0.15) is 0 Å². The molecular formula is C61H104O22. The first-order chi connectivity index (χ1) is 38.9. The summed E-state index contributed by atoms with van der Waals surface area (Å²) in [6.07, 6.45) is -13.0. The Bertz CT molecular complexity index is 2050. The SMILES string of the molecule is CC1=[13CH]CCC(C)C(O)C(C)[13CH](O)C[13CH2]C=CC(C)[13CH](O)C=CC(C)C(O)C(C)=[13CH]C(O[C@H]2O[C@H](CO)[C@@H](O)[C@H](O)[C@@H]2O)[13CH](O)C[13CH](O)C[13CH](O)CC(O)C(C)C(O)C(C)[13CH](O)C[13CH](O)C[13CH](O)C=[13CH]CC(C(C)C2CCC(=O)O2)OC1=O. The van der Waals surface area contributed by atoms with Crippen molar-refractivity contribution in [1.29, 1.82) is 0 Å². The highest BCUT2D eigenvalue weighted by molar-refractivity contribution is 5.87. The minimum atomic E-state index is -1.88. The molecule has 3 aliphatic rings. The van der Waals surface area contributed by atoms with Gasteiger partial charge in [0, 0.05) is 66.8 Å². The van der Waals surface area contributed by atoms with Gasteiger partial charge in [0.2, 0.25) is 0 Å². The minimum absolute atomic E-state index is 0.118. The Balaban J connectivity index is 1.88. The Labute approximate surface area is 490 Å². The van der Waals surface area contributed by atoms with Crippen molar-refractivity contribution in [2.24, 2.45) is 41.4 Å². The van der Waals surface area contributed by atoms with Gasteiger partial charge in [0.05, 0.1) is 79.9 Å². The fourth-order valence-electron chi connectivity index (χ4n) is 10.9. The fourth-order valence-corrected chi connectivity index (χ4v) is 10.9. The van der Waals surface area contributed by atoms with Crippen LogP contribution in [0.4, 0.5) is 0 Å². The zero-order chi connectivity index (χ0) is 62.6. The summed E-state index contributed by atoms with van der Waals surface area (Å²) in [5.74, 6) is -5.08. The van der Waals surface area contributed by atoms with Gasteiger partial charge < -0.3 is 101 Å². The molecule has 3 aliphatic heterocycles. The van der Waals surface area contributed by atoms with E-state index in [1.165, 1.54) is 39.0 Å². The number of carbonyl (C=O) groups is 2. The molecule has 22 nitrogen and oxygen atoms in total. The standard InChI is InChI=1S/C61H104O22/c1-31-14-10-11-18-45(68)36(6)55(74)32(2)15-12-16-34(4)60(79)81-49(39(9)50-22-23-53(72)80-50)19-13-17-40(63)25-41(64)27-46(69)37(7)56(75)38(8)47(70)28-42(65)26-43(66)29-48(71)51(24-35(5)54(73)33(3)20-21-44(31)67)82-61-59(78)58(77)57(76)52(30-62)83-61/h10,13-14,16-17,20-21,24,31-33,36-52,54-59,61-71,73-78H,11-12,15,18-19,22-23,25-30H2,1-9H3/t31?,32?,33?,36?,37?,38?,39?,40?,41?,42?,43?,44?,45?,46?,47?,48?,49?,50?,51?,52-,54?,55?,56?,57-,58+,59+,61+/m1/s1/i11+1,13+1,16+1,24+1,40+1,41+1,42+1,43+1,44+1,45+1,46+1,48+1. The largest absolute Gasteiger partial charge is 0.462 e. The van der Waals surface area contributed by atoms with Crippen molar-refractivity contribution < 1.29 is 110 Å². The highest BCUT2D eigenvalue weighted by Crippen LogP contribution is 2.31. The van der Waals surface area contributed by atoms with Crippen LogP contribution in [0.3, 0.4) is 0 Å². The highest BCUT2D eigenvalue weighted by atomic mass is 16.7. The van der Waals surface area contributed by atoms with Crippen molar-refractivity contribution in [2.45, 2.75) is 262 Å². The predicted molar refractivity (Wildman–Crippen MR) is 305 cm³/mol. The number of ether oxygens (including phenoxy) is 4. The molecule has 0 aromatic carbocycles. The monoisotopic (exact) mass is 1200 g/mol. The van der Waals surface area contributed by atoms with Gasteiger partial charge in [-0.3, -0.25) is 4.79 Å². The van der Waals surface area contributed by atoms with E-state index in [4.69, 9.17) is 18.9 Å². The molecule has 2 fully saturated rings. The number of aliphatic hydroxyl groups is 16. The first-order valence-corrected chi connectivity index (χ1v) is 29.8. The molecule has 0 aromatic heterocycles. The Morgan fingerprint density at radius 2 is 1.17 bits per heavy atom. The maximum absolute atomic E-state index is 13.5. The average Bonchev–Trinajstić information content (AvgIpc) is 4.00. The van der Waals surface area contributed by atoms with Crippen molar-refractivity contribution in [2.75, 3.05) is 6.61 Å². The van der Waals surface area contributed by atoms with E-state index in [1.807, 2.05) is 13.0 Å². The van der Waals surface area contributed by atoms with Gasteiger partial charge in [-0.15, -0.1) is 0 Å². The highest BCUT2D eigenvalue weighted by Gasteiger charge is 2.46. The maximum atomic E-state index is 13.5. The first-order valence-electron chi connectivity index (χ1n) is 29.8. The number of hydrogen-bond acceptors (Lipinski definition) is 22. The molecule has 0 bridgehead atoms. The third-order valence-corrected chi connectivity index (χ3v) is 17.2. The van der Waals surface area contributed by atoms with E-state index in [0.29, 0.717) is 37.7 Å². The summed E-state index contributed by atoms with van der Waals surface area (Å²) in [6.45, 7) is 14.2. The van der Waals surface area contributed by atoms with Gasteiger partial charge in [-0.25, -0.2) is 4.79 Å². The van der Waals surface area contributed by atoms with Gasteiger partial charge in [-0.05, 0) is 76.7 Å². The van der Waals surface area contributed by atoms with Crippen molar-refractivity contribution in [3.63, 3.8) is 0 Å². The van der Waals surface area contributed by atoms with Crippen LogP contribution < -0.4 is 0 Å². The topological polar surface area (TPSA) is 395 Å². The number of rotatable bonds is 5. The van der Waals surface area contributed by atoms with Crippen LogP contribution in [0.1, 0.15) is 139 Å². The van der Waals surface area contributed by atoms with Crippen LogP contribution in [-0.4, -0.2) is 223 Å². The third-order valence-electron chi connectivity index (χ3n) is 17.2. The van der Waals surface area contributed by atoms with Gasteiger partial charge >= 0.3 is 11.9 Å². The summed E-state index contributed by atoms with van der Waals surface area (Å²) in [5, 5.41) is 175. The molecule has 22 unspecified atom stereocenters. The summed E-state index contributed by atoms with van der Waals surface area (Å²) in [7, 11) is 0. The van der Waals surface area contributed by atoms with Crippen molar-refractivity contribution in [3.8, 4) is 0 Å². The van der Waals surface area contributed by atoms with Gasteiger partial charge in [0.1, 0.15) is 42.7 Å².